The van der Waals surface area contributed by atoms with Gasteiger partial charge in [-0.15, -0.1) is 24.0 Å². The first-order chi connectivity index (χ1) is 11.6. The largest absolute Gasteiger partial charge is 0.357 e. The summed E-state index contributed by atoms with van der Waals surface area (Å²) in [7, 11) is 1.49. The lowest BCUT2D eigenvalue weighted by molar-refractivity contribution is 0.337. The number of halogens is 1. The SMILES string of the molecule is CCCCN(C)CCN=C(NCC)NC1CCCC(S(=O)CC)C1.I. The minimum Gasteiger partial charge on any atom is -0.357 e. The molecule has 0 bridgehead atoms. The molecule has 0 radical (unpaired) electrons. The number of guanidine groups is 1. The van der Waals surface area contributed by atoms with Crippen molar-refractivity contribution >= 4 is 40.7 Å². The Morgan fingerprint density at radius 2 is 2.00 bits per heavy atom. The zero-order valence-electron chi connectivity index (χ0n) is 16.6. The predicted octanol–water partition coefficient (Wildman–Crippen LogP) is 2.97. The Labute approximate surface area is 174 Å². The molecule has 0 aromatic carbocycles. The van der Waals surface area contributed by atoms with Gasteiger partial charge in [0.15, 0.2) is 5.96 Å². The minimum atomic E-state index is -0.675. The van der Waals surface area contributed by atoms with Crippen molar-refractivity contribution in [1.82, 2.24) is 15.5 Å². The van der Waals surface area contributed by atoms with Gasteiger partial charge in [-0.3, -0.25) is 9.20 Å². The topological polar surface area (TPSA) is 56.7 Å². The molecule has 0 aromatic heterocycles. The highest BCUT2D eigenvalue weighted by Gasteiger charge is 2.25. The van der Waals surface area contributed by atoms with Crippen molar-refractivity contribution < 1.29 is 4.21 Å². The molecular weight excluding hydrogens is 447 g/mol. The summed E-state index contributed by atoms with van der Waals surface area (Å²) in [5.41, 5.74) is 0. The second-order valence-corrected chi connectivity index (χ2v) is 8.72. The second-order valence-electron chi connectivity index (χ2n) is 6.72. The molecule has 0 saturated heterocycles. The molecule has 3 unspecified atom stereocenters. The Kier molecular flexibility index (Phi) is 15.3. The lowest BCUT2D eigenvalue weighted by Crippen LogP contribution is -2.46. The number of likely N-dealkylation sites (N-methyl/N-ethyl adjacent to an activating group) is 1. The van der Waals surface area contributed by atoms with Crippen LogP contribution in [0.25, 0.3) is 0 Å². The van der Waals surface area contributed by atoms with Gasteiger partial charge in [0.1, 0.15) is 0 Å². The third-order valence-corrected chi connectivity index (χ3v) is 6.35. The van der Waals surface area contributed by atoms with E-state index in [4.69, 9.17) is 4.99 Å². The van der Waals surface area contributed by atoms with E-state index in [1.165, 1.54) is 12.8 Å². The number of hydrogen-bond donors (Lipinski definition) is 2. The Hall–Kier alpha value is 0.110. The maximum absolute atomic E-state index is 12.1. The van der Waals surface area contributed by atoms with Gasteiger partial charge in [-0.05, 0) is 46.2 Å². The van der Waals surface area contributed by atoms with Gasteiger partial charge >= 0.3 is 0 Å². The van der Waals surface area contributed by atoms with Crippen LogP contribution < -0.4 is 10.6 Å². The van der Waals surface area contributed by atoms with Crippen LogP contribution in [-0.4, -0.2) is 65.3 Å². The molecule has 0 aromatic rings. The van der Waals surface area contributed by atoms with E-state index in [2.05, 4.69) is 36.4 Å². The van der Waals surface area contributed by atoms with Gasteiger partial charge in [-0.25, -0.2) is 0 Å². The molecule has 0 spiro atoms. The summed E-state index contributed by atoms with van der Waals surface area (Å²) in [6.07, 6.45) is 6.90. The molecule has 2 N–H and O–H groups in total. The molecule has 25 heavy (non-hydrogen) atoms. The Balaban J connectivity index is 0.00000576. The van der Waals surface area contributed by atoms with Gasteiger partial charge in [0.05, 0.1) is 6.54 Å². The molecule has 0 heterocycles. The zero-order valence-corrected chi connectivity index (χ0v) is 19.7. The maximum atomic E-state index is 12.1. The van der Waals surface area contributed by atoms with Crippen molar-refractivity contribution in [1.29, 1.82) is 0 Å². The monoisotopic (exact) mass is 486 g/mol. The van der Waals surface area contributed by atoms with E-state index in [0.29, 0.717) is 11.3 Å². The zero-order chi connectivity index (χ0) is 17.8. The van der Waals surface area contributed by atoms with Crippen LogP contribution in [0.3, 0.4) is 0 Å². The number of nitrogens with one attached hydrogen (secondary N) is 2. The molecule has 0 amide bonds. The average Bonchev–Trinajstić information content (AvgIpc) is 2.59. The summed E-state index contributed by atoms with van der Waals surface area (Å²) in [5, 5.41) is 7.27. The van der Waals surface area contributed by atoms with Crippen LogP contribution in [-0.2, 0) is 10.8 Å². The first kappa shape index (κ1) is 25.1. The van der Waals surface area contributed by atoms with Crippen molar-refractivity contribution in [2.75, 3.05) is 39.0 Å². The van der Waals surface area contributed by atoms with E-state index in [-0.39, 0.29) is 24.0 Å². The van der Waals surface area contributed by atoms with Crippen molar-refractivity contribution in [2.24, 2.45) is 4.99 Å². The second kappa shape index (κ2) is 15.2. The van der Waals surface area contributed by atoms with Crippen LogP contribution in [0.1, 0.15) is 59.3 Å². The number of rotatable bonds is 10. The molecular formula is C18H39IN4OS. The Morgan fingerprint density at radius 1 is 1.24 bits per heavy atom. The predicted molar refractivity (Wildman–Crippen MR) is 122 cm³/mol. The normalized spacial score (nSPS) is 22.4. The van der Waals surface area contributed by atoms with Crippen molar-refractivity contribution in [2.45, 2.75) is 70.6 Å². The Bertz CT molecular complexity index is 395. The van der Waals surface area contributed by atoms with Crippen LogP contribution in [0, 0.1) is 0 Å². The van der Waals surface area contributed by atoms with E-state index in [0.717, 1.165) is 63.6 Å². The van der Waals surface area contributed by atoms with E-state index < -0.39 is 10.8 Å². The van der Waals surface area contributed by atoms with Crippen molar-refractivity contribution in [3.05, 3.63) is 0 Å². The molecule has 150 valence electrons. The van der Waals surface area contributed by atoms with Gasteiger partial charge in [0.25, 0.3) is 0 Å². The highest BCUT2D eigenvalue weighted by atomic mass is 127. The number of aliphatic imine (C=N–C) groups is 1. The lowest BCUT2D eigenvalue weighted by Gasteiger charge is -2.30. The van der Waals surface area contributed by atoms with Crippen LogP contribution in [0.5, 0.6) is 0 Å². The summed E-state index contributed by atoms with van der Waals surface area (Å²) >= 11 is 0. The molecule has 3 atom stereocenters. The smallest absolute Gasteiger partial charge is 0.191 e. The van der Waals surface area contributed by atoms with Gasteiger partial charge in [0.2, 0.25) is 0 Å². The van der Waals surface area contributed by atoms with Gasteiger partial charge in [-0.2, -0.15) is 0 Å². The summed E-state index contributed by atoms with van der Waals surface area (Å²) < 4.78 is 12.1. The van der Waals surface area contributed by atoms with E-state index in [9.17, 15) is 4.21 Å². The third kappa shape index (κ3) is 10.8. The van der Waals surface area contributed by atoms with E-state index in [1.54, 1.807) is 0 Å². The molecule has 1 rings (SSSR count). The highest BCUT2D eigenvalue weighted by Crippen LogP contribution is 2.22. The van der Waals surface area contributed by atoms with E-state index in [1.807, 2.05) is 6.92 Å². The maximum Gasteiger partial charge on any atom is 0.191 e. The first-order valence-corrected chi connectivity index (χ1v) is 11.1. The first-order valence-electron chi connectivity index (χ1n) is 9.71. The lowest BCUT2D eigenvalue weighted by atomic mass is 9.95. The summed E-state index contributed by atoms with van der Waals surface area (Å²) in [5.74, 6) is 1.68. The highest BCUT2D eigenvalue weighted by molar-refractivity contribution is 14.0. The summed E-state index contributed by atoms with van der Waals surface area (Å²) in [4.78, 5) is 7.07. The molecule has 5 nitrogen and oxygen atoms in total. The van der Waals surface area contributed by atoms with Crippen LogP contribution in [0.15, 0.2) is 4.99 Å². The van der Waals surface area contributed by atoms with Crippen LogP contribution >= 0.6 is 24.0 Å². The Morgan fingerprint density at radius 3 is 2.64 bits per heavy atom. The van der Waals surface area contributed by atoms with Crippen molar-refractivity contribution in [3.8, 4) is 0 Å². The minimum absolute atomic E-state index is 0. The standard InChI is InChI=1S/C18H38N4OS.HI/c1-5-8-13-22(4)14-12-20-18(19-6-2)21-16-10-9-11-17(15-16)24(23)7-3;/h16-17H,5-15H2,1-4H3,(H2,19,20,21);1H. The third-order valence-electron chi connectivity index (χ3n) is 4.61. The van der Waals surface area contributed by atoms with Crippen molar-refractivity contribution in [3.63, 3.8) is 0 Å². The number of unbranched alkanes of at least 4 members (excludes halogenated alkanes) is 1. The fourth-order valence-corrected chi connectivity index (χ4v) is 4.48. The molecule has 7 heteroatoms. The molecule has 1 saturated carbocycles. The summed E-state index contributed by atoms with van der Waals surface area (Å²) in [6.45, 7) is 10.2. The van der Waals surface area contributed by atoms with Gasteiger partial charge < -0.3 is 15.5 Å². The molecule has 1 aliphatic carbocycles. The van der Waals surface area contributed by atoms with Gasteiger partial charge in [0, 0.05) is 40.9 Å². The van der Waals surface area contributed by atoms with E-state index >= 15 is 0 Å². The van der Waals surface area contributed by atoms with Crippen LogP contribution in [0.4, 0.5) is 0 Å². The number of hydrogen-bond acceptors (Lipinski definition) is 3. The van der Waals surface area contributed by atoms with Crippen LogP contribution in [0.2, 0.25) is 0 Å². The molecule has 0 aliphatic heterocycles. The summed E-state index contributed by atoms with van der Waals surface area (Å²) in [6, 6.07) is 0.398. The molecule has 1 fully saturated rings. The molecule has 1 aliphatic rings. The number of nitrogens with zero attached hydrogens (tertiary/aromatic N) is 2. The fraction of sp³-hybridized carbons (Fsp3) is 0.944. The average molecular weight is 487 g/mol. The van der Waals surface area contributed by atoms with Gasteiger partial charge in [-0.1, -0.05) is 26.7 Å². The fourth-order valence-electron chi connectivity index (χ4n) is 3.14. The quantitative estimate of drug-likeness (QED) is 0.283.